The second-order valence-electron chi connectivity index (χ2n) is 5.72. The van der Waals surface area contributed by atoms with E-state index >= 15 is 0 Å². The van der Waals surface area contributed by atoms with Crippen LogP contribution in [0, 0.1) is 0 Å². The second kappa shape index (κ2) is 6.22. The summed E-state index contributed by atoms with van der Waals surface area (Å²) in [6.45, 7) is 2.77. The highest BCUT2D eigenvalue weighted by atomic mass is 16.2. The SMILES string of the molecule is CC(N)C1CCCCN1C(=O)c1ccc(N(C)C)nc1. The summed E-state index contributed by atoms with van der Waals surface area (Å²) in [5.74, 6) is 0.897. The van der Waals surface area contributed by atoms with Crippen LogP contribution in [0.4, 0.5) is 5.82 Å². The molecule has 1 fully saturated rings. The highest BCUT2D eigenvalue weighted by molar-refractivity contribution is 5.94. The number of rotatable bonds is 3. The number of carbonyl (C=O) groups excluding carboxylic acids is 1. The van der Waals surface area contributed by atoms with E-state index in [1.165, 1.54) is 0 Å². The molecule has 1 aliphatic heterocycles. The Balaban J connectivity index is 2.16. The molecule has 1 amide bonds. The van der Waals surface area contributed by atoms with E-state index in [1.54, 1.807) is 6.20 Å². The van der Waals surface area contributed by atoms with Crippen molar-refractivity contribution in [3.05, 3.63) is 23.9 Å². The van der Waals surface area contributed by atoms with Gasteiger partial charge in [-0.25, -0.2) is 4.98 Å². The molecule has 0 radical (unpaired) electrons. The maximum atomic E-state index is 12.6. The van der Waals surface area contributed by atoms with Gasteiger partial charge in [0, 0.05) is 38.9 Å². The first-order valence-electron chi connectivity index (χ1n) is 7.20. The minimum Gasteiger partial charge on any atom is -0.363 e. The maximum absolute atomic E-state index is 12.6. The maximum Gasteiger partial charge on any atom is 0.255 e. The molecule has 0 spiro atoms. The van der Waals surface area contributed by atoms with Crippen molar-refractivity contribution in [1.82, 2.24) is 9.88 Å². The van der Waals surface area contributed by atoms with E-state index in [0.29, 0.717) is 5.56 Å². The number of aromatic nitrogens is 1. The fraction of sp³-hybridized carbons (Fsp3) is 0.600. The third-order valence-electron chi connectivity index (χ3n) is 3.87. The number of piperidine rings is 1. The molecule has 2 atom stereocenters. The summed E-state index contributed by atoms with van der Waals surface area (Å²) in [5.41, 5.74) is 6.66. The van der Waals surface area contributed by atoms with Crippen LogP contribution >= 0.6 is 0 Å². The van der Waals surface area contributed by atoms with Crippen LogP contribution in [0.5, 0.6) is 0 Å². The number of nitrogens with two attached hydrogens (primary N) is 1. The largest absolute Gasteiger partial charge is 0.363 e. The Bertz CT molecular complexity index is 455. The van der Waals surface area contributed by atoms with E-state index in [9.17, 15) is 4.79 Å². The number of likely N-dealkylation sites (tertiary alicyclic amines) is 1. The topological polar surface area (TPSA) is 62.5 Å². The normalized spacial score (nSPS) is 20.6. The van der Waals surface area contributed by atoms with Gasteiger partial charge in [0.05, 0.1) is 5.56 Å². The molecule has 5 nitrogen and oxygen atoms in total. The highest BCUT2D eigenvalue weighted by Crippen LogP contribution is 2.21. The van der Waals surface area contributed by atoms with Gasteiger partial charge in [0.15, 0.2) is 0 Å². The van der Waals surface area contributed by atoms with Gasteiger partial charge >= 0.3 is 0 Å². The number of hydrogen-bond acceptors (Lipinski definition) is 4. The van der Waals surface area contributed by atoms with Gasteiger partial charge < -0.3 is 15.5 Å². The zero-order valence-electron chi connectivity index (χ0n) is 12.5. The summed E-state index contributed by atoms with van der Waals surface area (Å²) >= 11 is 0. The molecule has 0 aliphatic carbocycles. The molecular weight excluding hydrogens is 252 g/mol. The van der Waals surface area contributed by atoms with Crippen LogP contribution in [0.1, 0.15) is 36.5 Å². The summed E-state index contributed by atoms with van der Waals surface area (Å²) in [5, 5.41) is 0. The number of anilines is 1. The zero-order valence-corrected chi connectivity index (χ0v) is 12.5. The van der Waals surface area contributed by atoms with Crippen molar-refractivity contribution in [2.24, 2.45) is 5.73 Å². The molecule has 2 unspecified atom stereocenters. The van der Waals surface area contributed by atoms with Gasteiger partial charge in [-0.2, -0.15) is 0 Å². The molecule has 2 heterocycles. The molecule has 0 bridgehead atoms. The van der Waals surface area contributed by atoms with Crippen molar-refractivity contribution in [2.45, 2.75) is 38.3 Å². The first-order valence-corrected chi connectivity index (χ1v) is 7.20. The van der Waals surface area contributed by atoms with Gasteiger partial charge in [0.2, 0.25) is 0 Å². The predicted octanol–water partition coefficient (Wildman–Crippen LogP) is 1.49. The van der Waals surface area contributed by atoms with Crippen molar-refractivity contribution >= 4 is 11.7 Å². The molecule has 1 aromatic rings. The molecule has 2 rings (SSSR count). The average Bonchev–Trinajstić information content (AvgIpc) is 2.46. The minimum absolute atomic E-state index is 0.00765. The van der Waals surface area contributed by atoms with Gasteiger partial charge in [-0.3, -0.25) is 4.79 Å². The molecule has 1 aromatic heterocycles. The Hall–Kier alpha value is -1.62. The monoisotopic (exact) mass is 276 g/mol. The Morgan fingerprint density at radius 2 is 2.20 bits per heavy atom. The fourth-order valence-electron chi connectivity index (χ4n) is 2.70. The number of hydrogen-bond donors (Lipinski definition) is 1. The second-order valence-corrected chi connectivity index (χ2v) is 5.72. The van der Waals surface area contributed by atoms with E-state index < -0.39 is 0 Å². The van der Waals surface area contributed by atoms with Gasteiger partial charge in [-0.15, -0.1) is 0 Å². The van der Waals surface area contributed by atoms with Gasteiger partial charge in [0.25, 0.3) is 5.91 Å². The lowest BCUT2D eigenvalue weighted by atomic mass is 9.96. The minimum atomic E-state index is 0.00765. The van der Waals surface area contributed by atoms with Crippen molar-refractivity contribution in [2.75, 3.05) is 25.5 Å². The van der Waals surface area contributed by atoms with Crippen LogP contribution in [0.3, 0.4) is 0 Å². The zero-order chi connectivity index (χ0) is 14.7. The van der Waals surface area contributed by atoms with Crippen LogP contribution in [0.2, 0.25) is 0 Å². The average molecular weight is 276 g/mol. The molecule has 1 saturated heterocycles. The van der Waals surface area contributed by atoms with Crippen molar-refractivity contribution in [3.63, 3.8) is 0 Å². The Labute approximate surface area is 120 Å². The van der Waals surface area contributed by atoms with E-state index in [4.69, 9.17) is 5.73 Å². The van der Waals surface area contributed by atoms with Crippen LogP contribution in [-0.2, 0) is 0 Å². The van der Waals surface area contributed by atoms with E-state index in [-0.39, 0.29) is 18.0 Å². The molecular formula is C15H24N4O. The van der Waals surface area contributed by atoms with Crippen LogP contribution in [-0.4, -0.2) is 48.5 Å². The van der Waals surface area contributed by atoms with Gasteiger partial charge in [-0.05, 0) is 38.3 Å². The summed E-state index contributed by atoms with van der Waals surface area (Å²) < 4.78 is 0. The molecule has 1 aliphatic rings. The molecule has 5 heteroatoms. The molecule has 0 saturated carbocycles. The van der Waals surface area contributed by atoms with Crippen LogP contribution in [0.25, 0.3) is 0 Å². The smallest absolute Gasteiger partial charge is 0.255 e. The first-order chi connectivity index (χ1) is 9.50. The molecule has 2 N–H and O–H groups in total. The van der Waals surface area contributed by atoms with Crippen molar-refractivity contribution < 1.29 is 4.79 Å². The fourth-order valence-corrected chi connectivity index (χ4v) is 2.70. The van der Waals surface area contributed by atoms with E-state index in [0.717, 1.165) is 31.6 Å². The number of amides is 1. The van der Waals surface area contributed by atoms with Gasteiger partial charge in [0.1, 0.15) is 5.82 Å². The molecule has 20 heavy (non-hydrogen) atoms. The number of pyridine rings is 1. The van der Waals surface area contributed by atoms with Crippen LogP contribution in [0.15, 0.2) is 18.3 Å². The van der Waals surface area contributed by atoms with E-state index in [1.807, 2.05) is 43.0 Å². The standard InChI is InChI=1S/C15H24N4O/c1-11(16)13-6-4-5-9-19(13)15(20)12-7-8-14(17-10-12)18(2)3/h7-8,10-11,13H,4-6,9,16H2,1-3H3. The predicted molar refractivity (Wildman–Crippen MR) is 80.9 cm³/mol. The van der Waals surface area contributed by atoms with E-state index in [2.05, 4.69) is 4.98 Å². The third-order valence-corrected chi connectivity index (χ3v) is 3.87. The molecule has 110 valence electrons. The number of nitrogens with zero attached hydrogens (tertiary/aromatic N) is 3. The van der Waals surface area contributed by atoms with Crippen molar-refractivity contribution in [3.8, 4) is 0 Å². The lowest BCUT2D eigenvalue weighted by Crippen LogP contribution is -2.51. The third kappa shape index (κ3) is 3.10. The molecule has 0 aromatic carbocycles. The Morgan fingerprint density at radius 3 is 2.75 bits per heavy atom. The highest BCUT2D eigenvalue weighted by Gasteiger charge is 2.29. The van der Waals surface area contributed by atoms with Crippen molar-refractivity contribution in [1.29, 1.82) is 0 Å². The summed E-state index contributed by atoms with van der Waals surface area (Å²) in [6, 6.07) is 3.87. The lowest BCUT2D eigenvalue weighted by molar-refractivity contribution is 0.0583. The quantitative estimate of drug-likeness (QED) is 0.908. The summed E-state index contributed by atoms with van der Waals surface area (Å²) in [4.78, 5) is 20.8. The van der Waals surface area contributed by atoms with Crippen LogP contribution < -0.4 is 10.6 Å². The Kier molecular flexibility index (Phi) is 4.60. The lowest BCUT2D eigenvalue weighted by Gasteiger charge is -2.38. The summed E-state index contributed by atoms with van der Waals surface area (Å²) in [7, 11) is 3.86. The Morgan fingerprint density at radius 1 is 1.45 bits per heavy atom. The first kappa shape index (κ1) is 14.8. The summed E-state index contributed by atoms with van der Waals surface area (Å²) in [6.07, 6.45) is 4.85. The number of carbonyl (C=O) groups is 1. The van der Waals surface area contributed by atoms with Gasteiger partial charge in [-0.1, -0.05) is 0 Å².